The van der Waals surface area contributed by atoms with Crippen LogP contribution in [0.3, 0.4) is 0 Å². The van der Waals surface area contributed by atoms with Gasteiger partial charge in [-0.05, 0) is 32.3 Å². The second kappa shape index (κ2) is 9.48. The number of hydrogen-bond donors (Lipinski definition) is 1. The standard InChI is InChI=1S/C23H34N4O/c1-5-20(28)16-26-11-13-27(14-12-26)23-21(22(6-2)24-18(4)25-23)15-19-9-7-17(3)8-10-19/h7-10,20,28H,5-6,11-16H2,1-4H3. The van der Waals surface area contributed by atoms with Gasteiger partial charge in [0, 0.05) is 50.4 Å². The first-order valence-electron chi connectivity index (χ1n) is 10.6. The summed E-state index contributed by atoms with van der Waals surface area (Å²) >= 11 is 0. The van der Waals surface area contributed by atoms with E-state index in [2.05, 4.69) is 47.9 Å². The van der Waals surface area contributed by atoms with Crippen LogP contribution in [0.4, 0.5) is 5.82 Å². The maximum atomic E-state index is 9.95. The summed E-state index contributed by atoms with van der Waals surface area (Å²) < 4.78 is 0. The molecule has 2 aromatic rings. The average Bonchev–Trinajstić information content (AvgIpc) is 2.71. The molecule has 1 aliphatic heterocycles. The van der Waals surface area contributed by atoms with Crippen LogP contribution in [0.15, 0.2) is 24.3 Å². The van der Waals surface area contributed by atoms with Crippen molar-refractivity contribution in [3.05, 3.63) is 52.5 Å². The fraction of sp³-hybridized carbons (Fsp3) is 0.565. The Morgan fingerprint density at radius 1 is 1.00 bits per heavy atom. The number of β-amino-alcohol motifs (C(OH)–C–C–N with tert-alkyl or cyclic N) is 1. The molecule has 0 spiro atoms. The van der Waals surface area contributed by atoms with Crippen molar-refractivity contribution >= 4 is 5.82 Å². The molecule has 1 aliphatic rings. The summed E-state index contributed by atoms with van der Waals surface area (Å²) in [4.78, 5) is 14.4. The maximum absolute atomic E-state index is 9.95. The zero-order valence-corrected chi connectivity index (χ0v) is 17.8. The molecule has 1 saturated heterocycles. The lowest BCUT2D eigenvalue weighted by Gasteiger charge is -2.37. The lowest BCUT2D eigenvalue weighted by Crippen LogP contribution is -2.49. The highest BCUT2D eigenvalue weighted by Gasteiger charge is 2.23. The Kier molecular flexibility index (Phi) is 7.03. The number of benzene rings is 1. The summed E-state index contributed by atoms with van der Waals surface area (Å²) in [5, 5.41) is 9.95. The van der Waals surface area contributed by atoms with Crippen molar-refractivity contribution in [3.63, 3.8) is 0 Å². The molecule has 0 bridgehead atoms. The van der Waals surface area contributed by atoms with Crippen molar-refractivity contribution in [1.82, 2.24) is 14.9 Å². The highest BCUT2D eigenvalue weighted by atomic mass is 16.3. The van der Waals surface area contributed by atoms with Gasteiger partial charge in [0.15, 0.2) is 0 Å². The van der Waals surface area contributed by atoms with E-state index >= 15 is 0 Å². The van der Waals surface area contributed by atoms with Crippen LogP contribution >= 0.6 is 0 Å². The lowest BCUT2D eigenvalue weighted by molar-refractivity contribution is 0.106. The number of anilines is 1. The van der Waals surface area contributed by atoms with E-state index in [4.69, 9.17) is 9.97 Å². The van der Waals surface area contributed by atoms with Crippen molar-refractivity contribution in [3.8, 4) is 0 Å². The van der Waals surface area contributed by atoms with Crippen LogP contribution in [0.1, 0.15) is 48.5 Å². The number of rotatable bonds is 7. The third-order valence-electron chi connectivity index (χ3n) is 5.63. The summed E-state index contributed by atoms with van der Waals surface area (Å²) in [7, 11) is 0. The molecular formula is C23H34N4O. The molecule has 0 saturated carbocycles. The Balaban J connectivity index is 1.82. The molecule has 5 heteroatoms. The zero-order chi connectivity index (χ0) is 20.1. The molecule has 1 aromatic heterocycles. The van der Waals surface area contributed by atoms with E-state index in [1.165, 1.54) is 16.7 Å². The largest absolute Gasteiger partial charge is 0.392 e. The molecule has 152 valence electrons. The minimum atomic E-state index is -0.225. The van der Waals surface area contributed by atoms with Gasteiger partial charge in [0.25, 0.3) is 0 Å². The van der Waals surface area contributed by atoms with Crippen LogP contribution in [-0.2, 0) is 12.8 Å². The highest BCUT2D eigenvalue weighted by Crippen LogP contribution is 2.26. The van der Waals surface area contributed by atoms with Gasteiger partial charge < -0.3 is 10.0 Å². The average molecular weight is 383 g/mol. The number of piperazine rings is 1. The minimum Gasteiger partial charge on any atom is -0.392 e. The Labute approximate surface area is 169 Å². The topological polar surface area (TPSA) is 52.5 Å². The third-order valence-corrected chi connectivity index (χ3v) is 5.63. The van der Waals surface area contributed by atoms with Gasteiger partial charge in [-0.3, -0.25) is 4.90 Å². The Morgan fingerprint density at radius 3 is 2.29 bits per heavy atom. The SMILES string of the molecule is CCc1nc(C)nc(N2CCN(CC(O)CC)CC2)c1Cc1ccc(C)cc1. The Bertz CT molecular complexity index is 767. The molecule has 1 atom stereocenters. The molecule has 28 heavy (non-hydrogen) atoms. The summed E-state index contributed by atoms with van der Waals surface area (Å²) in [6.07, 6.45) is 2.37. The summed E-state index contributed by atoms with van der Waals surface area (Å²) in [6, 6.07) is 8.77. The van der Waals surface area contributed by atoms with Crippen LogP contribution in [0.2, 0.25) is 0 Å². The van der Waals surface area contributed by atoms with Crippen LogP contribution in [-0.4, -0.2) is 58.8 Å². The number of aryl methyl sites for hydroxylation is 3. The normalized spacial score (nSPS) is 16.4. The Hall–Kier alpha value is -1.98. The van der Waals surface area contributed by atoms with Gasteiger partial charge in [0.05, 0.1) is 6.10 Å². The van der Waals surface area contributed by atoms with Crippen LogP contribution in [0.25, 0.3) is 0 Å². The van der Waals surface area contributed by atoms with Crippen molar-refractivity contribution in [2.45, 2.75) is 53.1 Å². The molecule has 1 N–H and O–H groups in total. The molecule has 0 radical (unpaired) electrons. The predicted octanol–water partition coefficient (Wildman–Crippen LogP) is 3.14. The van der Waals surface area contributed by atoms with Gasteiger partial charge in [-0.2, -0.15) is 0 Å². The van der Waals surface area contributed by atoms with Gasteiger partial charge in [-0.1, -0.05) is 43.7 Å². The number of nitrogens with zero attached hydrogens (tertiary/aromatic N) is 4. The van der Waals surface area contributed by atoms with Gasteiger partial charge in [0.2, 0.25) is 0 Å². The van der Waals surface area contributed by atoms with E-state index in [-0.39, 0.29) is 6.10 Å². The minimum absolute atomic E-state index is 0.225. The predicted molar refractivity (Wildman–Crippen MR) is 115 cm³/mol. The first kappa shape index (κ1) is 20.7. The fourth-order valence-electron chi connectivity index (χ4n) is 3.85. The van der Waals surface area contributed by atoms with Crippen molar-refractivity contribution in [1.29, 1.82) is 0 Å². The van der Waals surface area contributed by atoms with Gasteiger partial charge in [-0.15, -0.1) is 0 Å². The van der Waals surface area contributed by atoms with E-state index in [9.17, 15) is 5.11 Å². The van der Waals surface area contributed by atoms with E-state index < -0.39 is 0 Å². The Morgan fingerprint density at radius 2 is 1.68 bits per heavy atom. The summed E-state index contributed by atoms with van der Waals surface area (Å²) in [6.45, 7) is 12.9. The van der Waals surface area contributed by atoms with E-state index in [1.807, 2.05) is 13.8 Å². The molecule has 0 amide bonds. The maximum Gasteiger partial charge on any atom is 0.136 e. The molecule has 5 nitrogen and oxygen atoms in total. The monoisotopic (exact) mass is 382 g/mol. The van der Waals surface area contributed by atoms with E-state index in [1.54, 1.807) is 0 Å². The smallest absolute Gasteiger partial charge is 0.136 e. The van der Waals surface area contributed by atoms with Gasteiger partial charge in [-0.25, -0.2) is 9.97 Å². The number of aliphatic hydroxyl groups is 1. The van der Waals surface area contributed by atoms with Crippen LogP contribution in [0.5, 0.6) is 0 Å². The second-order valence-electron chi connectivity index (χ2n) is 7.89. The van der Waals surface area contributed by atoms with Crippen LogP contribution < -0.4 is 4.90 Å². The molecule has 1 fully saturated rings. The van der Waals surface area contributed by atoms with Crippen molar-refractivity contribution in [2.75, 3.05) is 37.6 Å². The third kappa shape index (κ3) is 5.09. The first-order chi connectivity index (χ1) is 13.5. The molecular weight excluding hydrogens is 348 g/mol. The molecule has 0 aliphatic carbocycles. The second-order valence-corrected chi connectivity index (χ2v) is 7.89. The van der Waals surface area contributed by atoms with Crippen LogP contribution in [0, 0.1) is 13.8 Å². The quantitative estimate of drug-likeness (QED) is 0.797. The van der Waals surface area contributed by atoms with Crippen molar-refractivity contribution in [2.24, 2.45) is 0 Å². The molecule has 1 aromatic carbocycles. The summed E-state index contributed by atoms with van der Waals surface area (Å²) in [5.74, 6) is 1.95. The number of hydrogen-bond acceptors (Lipinski definition) is 5. The lowest BCUT2D eigenvalue weighted by atomic mass is 10.0. The zero-order valence-electron chi connectivity index (χ0n) is 17.8. The van der Waals surface area contributed by atoms with Gasteiger partial charge >= 0.3 is 0 Å². The number of aromatic nitrogens is 2. The van der Waals surface area contributed by atoms with Gasteiger partial charge in [0.1, 0.15) is 11.6 Å². The number of aliphatic hydroxyl groups excluding tert-OH is 1. The highest BCUT2D eigenvalue weighted by molar-refractivity contribution is 5.52. The van der Waals surface area contributed by atoms with Crippen molar-refractivity contribution < 1.29 is 5.11 Å². The van der Waals surface area contributed by atoms with E-state index in [0.29, 0.717) is 0 Å². The molecule has 3 rings (SSSR count). The van der Waals surface area contributed by atoms with E-state index in [0.717, 1.165) is 69.3 Å². The first-order valence-corrected chi connectivity index (χ1v) is 10.6. The molecule has 1 unspecified atom stereocenters. The summed E-state index contributed by atoms with van der Waals surface area (Å²) in [5.41, 5.74) is 5.01. The molecule has 2 heterocycles. The fourth-order valence-corrected chi connectivity index (χ4v) is 3.85.